The van der Waals surface area contributed by atoms with Gasteiger partial charge in [-0.1, -0.05) is 12.1 Å². The van der Waals surface area contributed by atoms with Gasteiger partial charge in [-0.05, 0) is 48.2 Å². The van der Waals surface area contributed by atoms with Gasteiger partial charge in [-0.2, -0.15) is 0 Å². The molecular weight excluding hydrogens is 333 g/mol. The van der Waals surface area contributed by atoms with Crippen LogP contribution in [0.4, 0.5) is 4.39 Å². The van der Waals surface area contributed by atoms with Crippen molar-refractivity contribution in [1.29, 1.82) is 0 Å². The number of hydrogen-bond donors (Lipinski definition) is 1. The second-order valence-corrected chi connectivity index (χ2v) is 6.54. The number of pyridine rings is 1. The van der Waals surface area contributed by atoms with E-state index in [2.05, 4.69) is 10.3 Å². The molecule has 136 valence electrons. The fraction of sp³-hybridized carbons (Fsp3) is 0.350. The fourth-order valence-corrected chi connectivity index (χ4v) is 3.35. The van der Waals surface area contributed by atoms with Crippen LogP contribution >= 0.6 is 0 Å². The summed E-state index contributed by atoms with van der Waals surface area (Å²) in [4.78, 5) is 30.0. The van der Waals surface area contributed by atoms with Crippen molar-refractivity contribution in [1.82, 2.24) is 15.2 Å². The molecule has 2 aromatic rings. The summed E-state index contributed by atoms with van der Waals surface area (Å²) in [5.74, 6) is -0.437. The second-order valence-electron chi connectivity index (χ2n) is 6.54. The van der Waals surface area contributed by atoms with Crippen molar-refractivity contribution in [2.45, 2.75) is 38.8 Å². The number of likely N-dealkylation sites (tertiary alicyclic amines) is 1. The first-order chi connectivity index (χ1) is 12.5. The third-order valence-electron chi connectivity index (χ3n) is 4.56. The number of amides is 2. The van der Waals surface area contributed by atoms with E-state index >= 15 is 0 Å². The second kappa shape index (κ2) is 8.08. The molecule has 1 aromatic carbocycles. The van der Waals surface area contributed by atoms with Crippen LogP contribution in [0.15, 0.2) is 42.6 Å². The number of hydrogen-bond acceptors (Lipinski definition) is 3. The van der Waals surface area contributed by atoms with Crippen molar-refractivity contribution in [3.63, 3.8) is 0 Å². The Balaban J connectivity index is 1.72. The summed E-state index contributed by atoms with van der Waals surface area (Å²) in [5, 5.41) is 2.73. The summed E-state index contributed by atoms with van der Waals surface area (Å²) in [6.07, 6.45) is 3.72. The van der Waals surface area contributed by atoms with E-state index in [4.69, 9.17) is 0 Å². The molecule has 26 heavy (non-hydrogen) atoms. The summed E-state index contributed by atoms with van der Waals surface area (Å²) >= 11 is 0. The molecule has 0 unspecified atom stereocenters. The Morgan fingerprint density at radius 3 is 2.92 bits per heavy atom. The monoisotopic (exact) mass is 355 g/mol. The van der Waals surface area contributed by atoms with E-state index in [0.29, 0.717) is 18.7 Å². The number of carbonyl (C=O) groups excluding carboxylic acids is 2. The maximum absolute atomic E-state index is 13.3. The van der Waals surface area contributed by atoms with E-state index in [-0.39, 0.29) is 30.1 Å². The first-order valence-electron chi connectivity index (χ1n) is 8.76. The molecule has 0 saturated carbocycles. The SMILES string of the molecule is CC(=O)NCc1cc([C@H]2CCCN2C(=O)Cc2cccc(F)c2)ccn1. The lowest BCUT2D eigenvalue weighted by Gasteiger charge is -2.25. The molecule has 1 atom stereocenters. The van der Waals surface area contributed by atoms with E-state index < -0.39 is 0 Å². The van der Waals surface area contributed by atoms with E-state index in [9.17, 15) is 14.0 Å². The van der Waals surface area contributed by atoms with Crippen molar-refractivity contribution in [3.05, 3.63) is 65.2 Å². The van der Waals surface area contributed by atoms with Crippen molar-refractivity contribution in [2.24, 2.45) is 0 Å². The third kappa shape index (κ3) is 4.45. The largest absolute Gasteiger partial charge is 0.351 e. The average molecular weight is 355 g/mol. The zero-order valence-electron chi connectivity index (χ0n) is 14.7. The number of carbonyl (C=O) groups is 2. The zero-order valence-corrected chi connectivity index (χ0v) is 14.7. The van der Waals surface area contributed by atoms with E-state index in [1.54, 1.807) is 18.3 Å². The lowest BCUT2D eigenvalue weighted by molar-refractivity contribution is -0.131. The summed E-state index contributed by atoms with van der Waals surface area (Å²) in [7, 11) is 0. The Labute approximate surface area is 152 Å². The van der Waals surface area contributed by atoms with Crippen LogP contribution in [0.25, 0.3) is 0 Å². The van der Waals surface area contributed by atoms with Crippen LogP contribution in [0, 0.1) is 5.82 Å². The van der Waals surface area contributed by atoms with Crippen LogP contribution < -0.4 is 5.32 Å². The molecule has 0 bridgehead atoms. The molecule has 1 aliphatic heterocycles. The summed E-state index contributed by atoms with van der Waals surface area (Å²) in [6, 6.07) is 10.0. The van der Waals surface area contributed by atoms with Crippen LogP contribution in [-0.2, 0) is 22.6 Å². The molecule has 2 heterocycles. The molecule has 0 spiro atoms. The molecule has 1 aromatic heterocycles. The number of aromatic nitrogens is 1. The maximum atomic E-state index is 13.3. The van der Waals surface area contributed by atoms with Gasteiger partial charge in [0.25, 0.3) is 0 Å². The number of benzene rings is 1. The minimum atomic E-state index is -0.329. The summed E-state index contributed by atoms with van der Waals surface area (Å²) in [5.41, 5.74) is 2.47. The van der Waals surface area contributed by atoms with Crippen LogP contribution in [0.3, 0.4) is 0 Å². The van der Waals surface area contributed by atoms with Crippen LogP contribution in [0.5, 0.6) is 0 Å². The van der Waals surface area contributed by atoms with E-state index in [0.717, 1.165) is 24.1 Å². The standard InChI is InChI=1S/C20H22FN3O2/c1-14(25)23-13-18-12-16(7-8-22-18)19-6-3-9-24(19)20(26)11-15-4-2-5-17(21)10-15/h2,4-5,7-8,10,12,19H,3,6,9,11,13H2,1H3,(H,23,25)/t19-/m1/s1. The van der Waals surface area contributed by atoms with Gasteiger partial charge in [0.15, 0.2) is 0 Å². The Morgan fingerprint density at radius 2 is 2.15 bits per heavy atom. The predicted molar refractivity (Wildman–Crippen MR) is 95.5 cm³/mol. The first-order valence-corrected chi connectivity index (χ1v) is 8.76. The van der Waals surface area contributed by atoms with Gasteiger partial charge in [-0.3, -0.25) is 14.6 Å². The van der Waals surface area contributed by atoms with E-state index in [1.165, 1.54) is 19.1 Å². The van der Waals surface area contributed by atoms with Gasteiger partial charge in [0, 0.05) is 19.7 Å². The maximum Gasteiger partial charge on any atom is 0.227 e. The van der Waals surface area contributed by atoms with Gasteiger partial charge in [0.2, 0.25) is 11.8 Å². The van der Waals surface area contributed by atoms with Crippen LogP contribution in [0.1, 0.15) is 42.6 Å². The summed E-state index contributed by atoms with van der Waals surface area (Å²) < 4.78 is 13.3. The van der Waals surface area contributed by atoms with Gasteiger partial charge in [-0.25, -0.2) is 4.39 Å². The topological polar surface area (TPSA) is 62.3 Å². The van der Waals surface area contributed by atoms with Crippen molar-refractivity contribution in [3.8, 4) is 0 Å². The number of halogens is 1. The number of nitrogens with one attached hydrogen (secondary N) is 1. The molecule has 1 saturated heterocycles. The van der Waals surface area contributed by atoms with Gasteiger partial charge >= 0.3 is 0 Å². The Hall–Kier alpha value is -2.76. The molecule has 1 fully saturated rings. The van der Waals surface area contributed by atoms with Crippen molar-refractivity contribution < 1.29 is 14.0 Å². The molecular formula is C20H22FN3O2. The van der Waals surface area contributed by atoms with Crippen molar-refractivity contribution >= 4 is 11.8 Å². The minimum Gasteiger partial charge on any atom is -0.351 e. The minimum absolute atomic E-state index is 0.00155. The molecule has 0 radical (unpaired) electrons. The van der Waals surface area contributed by atoms with Gasteiger partial charge in [0.05, 0.1) is 24.7 Å². The van der Waals surface area contributed by atoms with Gasteiger partial charge < -0.3 is 10.2 Å². The van der Waals surface area contributed by atoms with E-state index in [1.807, 2.05) is 17.0 Å². The highest BCUT2D eigenvalue weighted by molar-refractivity contribution is 5.79. The van der Waals surface area contributed by atoms with Crippen LogP contribution in [-0.4, -0.2) is 28.2 Å². The highest BCUT2D eigenvalue weighted by Gasteiger charge is 2.30. The quantitative estimate of drug-likeness (QED) is 0.897. The molecule has 0 aliphatic carbocycles. The van der Waals surface area contributed by atoms with Crippen LogP contribution in [0.2, 0.25) is 0 Å². The highest BCUT2D eigenvalue weighted by atomic mass is 19.1. The predicted octanol–water partition coefficient (Wildman–Crippen LogP) is 2.76. The lowest BCUT2D eigenvalue weighted by Crippen LogP contribution is -2.32. The highest BCUT2D eigenvalue weighted by Crippen LogP contribution is 2.32. The summed E-state index contributed by atoms with van der Waals surface area (Å²) in [6.45, 7) is 2.53. The van der Waals surface area contributed by atoms with Crippen molar-refractivity contribution in [2.75, 3.05) is 6.54 Å². The molecule has 1 N–H and O–H groups in total. The number of nitrogens with zero attached hydrogens (tertiary/aromatic N) is 2. The zero-order chi connectivity index (χ0) is 18.5. The third-order valence-corrected chi connectivity index (χ3v) is 4.56. The molecule has 6 heteroatoms. The molecule has 3 rings (SSSR count). The first kappa shape index (κ1) is 18.0. The molecule has 2 amide bonds. The Morgan fingerprint density at radius 1 is 1.31 bits per heavy atom. The molecule has 1 aliphatic rings. The Kier molecular flexibility index (Phi) is 5.61. The fourth-order valence-electron chi connectivity index (χ4n) is 3.35. The lowest BCUT2D eigenvalue weighted by atomic mass is 10.0. The number of rotatable bonds is 5. The molecule has 5 nitrogen and oxygen atoms in total. The normalized spacial score (nSPS) is 16.5. The van der Waals surface area contributed by atoms with Gasteiger partial charge in [0.1, 0.15) is 5.82 Å². The Bertz CT molecular complexity index is 809. The smallest absolute Gasteiger partial charge is 0.227 e. The average Bonchev–Trinajstić information content (AvgIpc) is 3.10. The van der Waals surface area contributed by atoms with Gasteiger partial charge in [-0.15, -0.1) is 0 Å².